The highest BCUT2D eigenvalue weighted by atomic mass is 32.1. The van der Waals surface area contributed by atoms with Crippen molar-refractivity contribution < 1.29 is 23.8 Å². The molecule has 2 aromatic heterocycles. The summed E-state index contributed by atoms with van der Waals surface area (Å²) >= 11 is 1.31. The number of rotatable bonds is 9. The van der Waals surface area contributed by atoms with Gasteiger partial charge in [-0.25, -0.2) is 9.48 Å². The minimum Gasteiger partial charge on any atom is -0.493 e. The van der Waals surface area contributed by atoms with Crippen LogP contribution in [-0.2, 0) is 9.53 Å². The van der Waals surface area contributed by atoms with E-state index in [-0.39, 0.29) is 12.4 Å². The maximum Gasteiger partial charge on any atom is 0.331 e. The molecule has 0 unspecified atom stereocenters. The Morgan fingerprint density at radius 3 is 2.50 bits per heavy atom. The first-order chi connectivity index (χ1) is 16.6. The number of nitrogens with zero attached hydrogens (tertiary/aromatic N) is 2. The molecule has 8 heteroatoms. The first-order valence-electron chi connectivity index (χ1n) is 10.4. The number of ketones is 1. The predicted octanol–water partition coefficient (Wildman–Crippen LogP) is 5.06. The van der Waals surface area contributed by atoms with Crippen LogP contribution in [0.2, 0.25) is 0 Å². The normalized spacial score (nSPS) is 10.9. The average molecular weight is 475 g/mol. The van der Waals surface area contributed by atoms with E-state index in [4.69, 9.17) is 19.3 Å². The fourth-order valence-electron chi connectivity index (χ4n) is 3.28. The third kappa shape index (κ3) is 5.24. The van der Waals surface area contributed by atoms with Gasteiger partial charge in [0.25, 0.3) is 0 Å². The van der Waals surface area contributed by atoms with Crippen molar-refractivity contribution in [2.45, 2.75) is 0 Å². The molecule has 0 fully saturated rings. The van der Waals surface area contributed by atoms with E-state index in [0.29, 0.717) is 27.6 Å². The number of hydrogen-bond acceptors (Lipinski definition) is 7. The highest BCUT2D eigenvalue weighted by Gasteiger charge is 2.15. The number of thiophene rings is 1. The Labute approximate surface area is 200 Å². The lowest BCUT2D eigenvalue weighted by Crippen LogP contribution is -2.11. The van der Waals surface area contributed by atoms with Gasteiger partial charge >= 0.3 is 5.97 Å². The summed E-state index contributed by atoms with van der Waals surface area (Å²) in [6, 6.07) is 18.6. The second kappa shape index (κ2) is 10.6. The van der Waals surface area contributed by atoms with Gasteiger partial charge in [0.2, 0.25) is 5.78 Å². The number of hydrogen-bond donors (Lipinski definition) is 0. The second-order valence-electron chi connectivity index (χ2n) is 7.12. The molecule has 0 aliphatic heterocycles. The molecule has 4 aromatic rings. The van der Waals surface area contributed by atoms with Crippen LogP contribution in [0.1, 0.15) is 15.2 Å². The Bertz CT molecular complexity index is 1310. The number of methoxy groups -OCH3 is 2. The molecule has 0 radical (unpaired) electrons. The molecule has 0 aliphatic carbocycles. The van der Waals surface area contributed by atoms with Crippen molar-refractivity contribution in [1.82, 2.24) is 9.78 Å². The molecule has 0 spiro atoms. The average Bonchev–Trinajstić information content (AvgIpc) is 3.57. The van der Waals surface area contributed by atoms with E-state index in [1.165, 1.54) is 17.4 Å². The number of ether oxygens (including phenoxy) is 3. The van der Waals surface area contributed by atoms with E-state index < -0.39 is 5.97 Å². The summed E-state index contributed by atoms with van der Waals surface area (Å²) in [5.74, 6) is 0.316. The maximum absolute atomic E-state index is 12.3. The highest BCUT2D eigenvalue weighted by molar-refractivity contribution is 7.12. The number of carbonyl (C=O) groups excluding carboxylic acids is 2. The Balaban J connectivity index is 1.61. The lowest BCUT2D eigenvalue weighted by Gasteiger charge is -2.09. The largest absolute Gasteiger partial charge is 0.493 e. The number of para-hydroxylation sites is 1. The zero-order chi connectivity index (χ0) is 23.9. The zero-order valence-corrected chi connectivity index (χ0v) is 19.5. The van der Waals surface area contributed by atoms with Crippen molar-refractivity contribution in [3.8, 4) is 28.4 Å². The van der Waals surface area contributed by atoms with Crippen molar-refractivity contribution in [3.05, 3.63) is 88.8 Å². The lowest BCUT2D eigenvalue weighted by molar-refractivity contribution is -0.136. The first-order valence-corrected chi connectivity index (χ1v) is 11.3. The van der Waals surface area contributed by atoms with Gasteiger partial charge in [-0.05, 0) is 47.9 Å². The summed E-state index contributed by atoms with van der Waals surface area (Å²) in [7, 11) is 3.14. The van der Waals surface area contributed by atoms with Gasteiger partial charge in [0.05, 0.1) is 24.8 Å². The molecular weight excluding hydrogens is 452 g/mol. The topological polar surface area (TPSA) is 79.7 Å². The van der Waals surface area contributed by atoms with Crippen LogP contribution < -0.4 is 9.47 Å². The van der Waals surface area contributed by atoms with E-state index in [2.05, 4.69) is 0 Å². The molecule has 0 aliphatic rings. The highest BCUT2D eigenvalue weighted by Crippen LogP contribution is 2.33. The summed E-state index contributed by atoms with van der Waals surface area (Å²) in [6.45, 7) is -0.310. The third-order valence-corrected chi connectivity index (χ3v) is 5.87. The van der Waals surface area contributed by atoms with E-state index in [0.717, 1.165) is 11.3 Å². The van der Waals surface area contributed by atoms with Gasteiger partial charge in [0.15, 0.2) is 18.1 Å². The molecule has 7 nitrogen and oxygen atoms in total. The number of benzene rings is 2. The van der Waals surface area contributed by atoms with Gasteiger partial charge in [-0.1, -0.05) is 24.3 Å². The van der Waals surface area contributed by atoms with Crippen molar-refractivity contribution in [1.29, 1.82) is 0 Å². The van der Waals surface area contributed by atoms with E-state index in [1.807, 2.05) is 48.7 Å². The van der Waals surface area contributed by atoms with Crippen LogP contribution in [0.5, 0.6) is 11.5 Å². The third-order valence-electron chi connectivity index (χ3n) is 4.96. The number of esters is 1. The molecule has 0 atom stereocenters. The van der Waals surface area contributed by atoms with Crippen molar-refractivity contribution >= 4 is 29.2 Å². The molecule has 0 saturated heterocycles. The van der Waals surface area contributed by atoms with Gasteiger partial charge in [-0.15, -0.1) is 11.3 Å². The fraction of sp³-hybridized carbons (Fsp3) is 0.115. The molecule has 172 valence electrons. The summed E-state index contributed by atoms with van der Waals surface area (Å²) in [4.78, 5) is 24.9. The van der Waals surface area contributed by atoms with Crippen LogP contribution >= 0.6 is 11.3 Å². The van der Waals surface area contributed by atoms with Crippen LogP contribution in [0, 0.1) is 0 Å². The monoisotopic (exact) mass is 474 g/mol. The second-order valence-corrected chi connectivity index (χ2v) is 8.07. The summed E-state index contributed by atoms with van der Waals surface area (Å²) in [5, 5.41) is 6.53. The smallest absolute Gasteiger partial charge is 0.331 e. The van der Waals surface area contributed by atoms with Crippen LogP contribution in [-0.4, -0.2) is 42.4 Å². The summed E-state index contributed by atoms with van der Waals surface area (Å²) < 4.78 is 17.6. The van der Waals surface area contributed by atoms with E-state index in [9.17, 15) is 9.59 Å². The zero-order valence-electron chi connectivity index (χ0n) is 18.6. The van der Waals surface area contributed by atoms with Crippen LogP contribution in [0.15, 0.2) is 78.3 Å². The van der Waals surface area contributed by atoms with Crippen LogP contribution in [0.3, 0.4) is 0 Å². The molecule has 0 N–H and O–H groups in total. The number of aromatic nitrogens is 2. The van der Waals surface area contributed by atoms with Gasteiger partial charge < -0.3 is 14.2 Å². The molecular formula is C26H22N2O5S. The SMILES string of the molecule is COc1ccc(-c2nn(-c3ccccc3)cc2C=CC(=O)OCC(=O)c2cccs2)cc1OC. The molecule has 4 rings (SSSR count). The summed E-state index contributed by atoms with van der Waals surface area (Å²) in [5.41, 5.74) is 2.99. The summed E-state index contributed by atoms with van der Waals surface area (Å²) in [6.07, 6.45) is 4.73. The van der Waals surface area contributed by atoms with E-state index >= 15 is 0 Å². The van der Waals surface area contributed by atoms with Gasteiger partial charge in [-0.2, -0.15) is 5.10 Å². The van der Waals surface area contributed by atoms with Gasteiger partial charge in [0, 0.05) is 23.4 Å². The van der Waals surface area contributed by atoms with Gasteiger partial charge in [0.1, 0.15) is 5.69 Å². The molecule has 2 heterocycles. The molecule has 34 heavy (non-hydrogen) atoms. The Hall–Kier alpha value is -4.17. The molecule has 0 bridgehead atoms. The van der Waals surface area contributed by atoms with Crippen molar-refractivity contribution in [2.75, 3.05) is 20.8 Å². The van der Waals surface area contributed by atoms with Crippen molar-refractivity contribution in [2.24, 2.45) is 0 Å². The van der Waals surface area contributed by atoms with Crippen LogP contribution in [0.25, 0.3) is 23.0 Å². The predicted molar refractivity (Wildman–Crippen MR) is 131 cm³/mol. The Morgan fingerprint density at radius 2 is 1.79 bits per heavy atom. The fourth-order valence-corrected chi connectivity index (χ4v) is 3.93. The Morgan fingerprint density at radius 1 is 1.00 bits per heavy atom. The van der Waals surface area contributed by atoms with Gasteiger partial charge in [-0.3, -0.25) is 4.79 Å². The Kier molecular flexibility index (Phi) is 7.19. The molecule has 2 aromatic carbocycles. The standard InChI is InChI=1S/C26H22N2O5S/c1-31-22-12-10-18(15-23(22)32-2)26-19(16-28(27-26)20-7-4-3-5-8-20)11-13-25(30)33-17-21(29)24-9-6-14-34-24/h3-16H,17H2,1-2H3. The first kappa shape index (κ1) is 23.0. The lowest BCUT2D eigenvalue weighted by atomic mass is 10.1. The number of Topliss-reactive ketones (excluding diaryl/α,β-unsaturated/α-hetero) is 1. The number of carbonyl (C=O) groups is 2. The minimum absolute atomic E-state index is 0.236. The molecule has 0 amide bonds. The van der Waals surface area contributed by atoms with E-state index in [1.54, 1.807) is 48.6 Å². The quantitative estimate of drug-likeness (QED) is 0.192. The molecule has 0 saturated carbocycles. The van der Waals surface area contributed by atoms with Crippen LogP contribution in [0.4, 0.5) is 0 Å². The van der Waals surface area contributed by atoms with Crippen molar-refractivity contribution in [3.63, 3.8) is 0 Å². The minimum atomic E-state index is -0.615. The maximum atomic E-state index is 12.3.